The molecule has 5 nitrogen and oxygen atoms in total. The molecule has 1 amide bonds. The van der Waals surface area contributed by atoms with E-state index in [1.807, 2.05) is 6.07 Å². The molecule has 0 radical (unpaired) electrons. The van der Waals surface area contributed by atoms with Crippen LogP contribution in [0.4, 0.5) is 10.7 Å². The minimum Gasteiger partial charge on any atom is -0.397 e. The normalized spacial score (nSPS) is 18.9. The van der Waals surface area contributed by atoms with E-state index < -0.39 is 0 Å². The lowest BCUT2D eigenvalue weighted by molar-refractivity contribution is 0.0833. The van der Waals surface area contributed by atoms with Crippen molar-refractivity contribution in [2.24, 2.45) is 5.92 Å². The third kappa shape index (κ3) is 2.94. The van der Waals surface area contributed by atoms with Crippen molar-refractivity contribution >= 4 is 27.9 Å². The van der Waals surface area contributed by atoms with Crippen LogP contribution in [0.1, 0.15) is 16.1 Å². The average molecular weight is 269 g/mol. The van der Waals surface area contributed by atoms with E-state index in [4.69, 9.17) is 10.5 Å². The van der Waals surface area contributed by atoms with Gasteiger partial charge in [0.15, 0.2) is 0 Å². The molecule has 100 valence electrons. The van der Waals surface area contributed by atoms with E-state index in [0.29, 0.717) is 16.5 Å². The summed E-state index contributed by atoms with van der Waals surface area (Å²) in [6.07, 6.45) is 1.09. The molecule has 1 fully saturated rings. The van der Waals surface area contributed by atoms with Crippen molar-refractivity contribution in [3.63, 3.8) is 0 Å². The van der Waals surface area contributed by atoms with Crippen LogP contribution in [-0.4, -0.2) is 44.7 Å². The van der Waals surface area contributed by atoms with Crippen LogP contribution in [0, 0.1) is 5.92 Å². The minimum atomic E-state index is -0.0465. The molecule has 0 aromatic carbocycles. The van der Waals surface area contributed by atoms with Gasteiger partial charge in [-0.1, -0.05) is 0 Å². The standard InChI is InChI=1S/C12H19N3O2S/c1-15(2)12(16)11-9(13)5-10(18-11)14-6-8-3-4-17-7-8/h5,8,14H,3-4,6-7,13H2,1-2H3. The molecule has 2 rings (SSSR count). The van der Waals surface area contributed by atoms with Crippen LogP contribution in [0.15, 0.2) is 6.07 Å². The maximum absolute atomic E-state index is 11.8. The van der Waals surface area contributed by atoms with E-state index in [2.05, 4.69) is 5.32 Å². The van der Waals surface area contributed by atoms with Crippen LogP contribution >= 0.6 is 11.3 Å². The number of ether oxygens (including phenoxy) is 1. The minimum absolute atomic E-state index is 0.0465. The zero-order valence-electron chi connectivity index (χ0n) is 10.7. The van der Waals surface area contributed by atoms with Gasteiger partial charge in [-0.25, -0.2) is 0 Å². The molecule has 6 heteroatoms. The van der Waals surface area contributed by atoms with Crippen molar-refractivity contribution in [3.8, 4) is 0 Å². The fraction of sp³-hybridized carbons (Fsp3) is 0.583. The Morgan fingerprint density at radius 3 is 3.06 bits per heavy atom. The summed E-state index contributed by atoms with van der Waals surface area (Å²) in [5.74, 6) is 0.510. The molecule has 0 spiro atoms. The zero-order valence-corrected chi connectivity index (χ0v) is 11.5. The predicted octanol–water partition coefficient (Wildman–Crippen LogP) is 1.48. The van der Waals surface area contributed by atoms with Crippen LogP contribution in [0.2, 0.25) is 0 Å². The first-order chi connectivity index (χ1) is 8.58. The molecule has 1 aliphatic rings. The van der Waals surface area contributed by atoms with Crippen molar-refractivity contribution in [3.05, 3.63) is 10.9 Å². The third-order valence-corrected chi connectivity index (χ3v) is 4.05. The second kappa shape index (κ2) is 5.58. The van der Waals surface area contributed by atoms with E-state index >= 15 is 0 Å². The second-order valence-corrected chi connectivity index (χ2v) is 5.76. The first kappa shape index (κ1) is 13.2. The number of thiophene rings is 1. The lowest BCUT2D eigenvalue weighted by Crippen LogP contribution is -2.21. The van der Waals surface area contributed by atoms with Gasteiger partial charge in [-0.05, 0) is 12.5 Å². The van der Waals surface area contributed by atoms with Gasteiger partial charge >= 0.3 is 0 Å². The van der Waals surface area contributed by atoms with E-state index in [1.54, 1.807) is 14.1 Å². The Hall–Kier alpha value is -1.27. The number of carbonyl (C=O) groups excluding carboxylic acids is 1. The molecule has 1 aromatic heterocycles. The van der Waals surface area contributed by atoms with Gasteiger partial charge < -0.3 is 20.7 Å². The van der Waals surface area contributed by atoms with Gasteiger partial charge in [0.2, 0.25) is 0 Å². The van der Waals surface area contributed by atoms with Crippen LogP contribution in [-0.2, 0) is 4.74 Å². The number of carbonyl (C=O) groups is 1. The van der Waals surface area contributed by atoms with Crippen LogP contribution in [0.3, 0.4) is 0 Å². The molecule has 0 bridgehead atoms. The molecule has 1 aromatic rings. The van der Waals surface area contributed by atoms with Crippen LogP contribution in [0.5, 0.6) is 0 Å². The van der Waals surface area contributed by atoms with Gasteiger partial charge in [-0.2, -0.15) is 0 Å². The Morgan fingerprint density at radius 1 is 1.67 bits per heavy atom. The Labute approximate surface area is 111 Å². The lowest BCUT2D eigenvalue weighted by Gasteiger charge is -2.09. The summed E-state index contributed by atoms with van der Waals surface area (Å²) in [6, 6.07) is 1.83. The number of rotatable bonds is 4. The lowest BCUT2D eigenvalue weighted by atomic mass is 10.1. The molecule has 3 N–H and O–H groups in total. The highest BCUT2D eigenvalue weighted by Crippen LogP contribution is 2.30. The summed E-state index contributed by atoms with van der Waals surface area (Å²) in [6.45, 7) is 2.54. The molecule has 1 aliphatic heterocycles. The number of nitrogen functional groups attached to an aromatic ring is 1. The fourth-order valence-corrected chi connectivity index (χ4v) is 2.86. The SMILES string of the molecule is CN(C)C(=O)c1sc(NCC2CCOC2)cc1N. The Kier molecular flexibility index (Phi) is 4.08. The third-order valence-electron chi connectivity index (χ3n) is 2.95. The summed E-state index contributed by atoms with van der Waals surface area (Å²) in [4.78, 5) is 14.0. The number of nitrogens with one attached hydrogen (secondary N) is 1. The molecular formula is C12H19N3O2S. The maximum atomic E-state index is 11.8. The maximum Gasteiger partial charge on any atom is 0.265 e. The van der Waals surface area contributed by atoms with Gasteiger partial charge in [0.25, 0.3) is 5.91 Å². The van der Waals surface area contributed by atoms with Gasteiger partial charge in [-0.15, -0.1) is 11.3 Å². The summed E-state index contributed by atoms with van der Waals surface area (Å²) in [5.41, 5.74) is 6.41. The van der Waals surface area contributed by atoms with E-state index in [1.165, 1.54) is 16.2 Å². The van der Waals surface area contributed by atoms with Gasteiger partial charge in [0, 0.05) is 33.2 Å². The topological polar surface area (TPSA) is 67.6 Å². The Balaban J connectivity index is 1.97. The van der Waals surface area contributed by atoms with Crippen LogP contribution < -0.4 is 11.1 Å². The average Bonchev–Trinajstić information content (AvgIpc) is 2.94. The van der Waals surface area contributed by atoms with E-state index in [9.17, 15) is 4.79 Å². The monoisotopic (exact) mass is 269 g/mol. The van der Waals surface area contributed by atoms with Gasteiger partial charge in [0.1, 0.15) is 4.88 Å². The summed E-state index contributed by atoms with van der Waals surface area (Å²) < 4.78 is 5.32. The highest BCUT2D eigenvalue weighted by molar-refractivity contribution is 7.18. The molecule has 18 heavy (non-hydrogen) atoms. The number of hydrogen-bond donors (Lipinski definition) is 2. The Morgan fingerprint density at radius 2 is 2.44 bits per heavy atom. The second-order valence-electron chi connectivity index (χ2n) is 4.71. The molecule has 1 saturated heterocycles. The molecular weight excluding hydrogens is 250 g/mol. The molecule has 1 unspecified atom stereocenters. The van der Waals surface area contributed by atoms with Crippen molar-refractivity contribution in [2.45, 2.75) is 6.42 Å². The number of anilines is 2. The number of nitrogens with zero attached hydrogens (tertiary/aromatic N) is 1. The predicted molar refractivity (Wildman–Crippen MR) is 74.2 cm³/mol. The van der Waals surface area contributed by atoms with Crippen molar-refractivity contribution < 1.29 is 9.53 Å². The summed E-state index contributed by atoms with van der Waals surface area (Å²) >= 11 is 1.41. The summed E-state index contributed by atoms with van der Waals surface area (Å²) in [7, 11) is 3.45. The van der Waals surface area contributed by atoms with Crippen molar-refractivity contribution in [1.29, 1.82) is 0 Å². The quantitative estimate of drug-likeness (QED) is 0.869. The molecule has 0 saturated carbocycles. The first-order valence-corrected chi connectivity index (χ1v) is 6.82. The number of amides is 1. The zero-order chi connectivity index (χ0) is 13.1. The van der Waals surface area contributed by atoms with Crippen LogP contribution in [0.25, 0.3) is 0 Å². The molecule has 2 heterocycles. The smallest absolute Gasteiger partial charge is 0.265 e. The van der Waals surface area contributed by atoms with Crippen molar-refractivity contribution in [1.82, 2.24) is 4.90 Å². The van der Waals surface area contributed by atoms with E-state index in [0.717, 1.165) is 31.2 Å². The van der Waals surface area contributed by atoms with E-state index in [-0.39, 0.29) is 5.91 Å². The van der Waals surface area contributed by atoms with Gasteiger partial charge in [-0.3, -0.25) is 4.79 Å². The van der Waals surface area contributed by atoms with Gasteiger partial charge in [0.05, 0.1) is 17.3 Å². The highest BCUT2D eigenvalue weighted by atomic mass is 32.1. The number of nitrogens with two attached hydrogens (primary N) is 1. The largest absolute Gasteiger partial charge is 0.397 e. The van der Waals surface area contributed by atoms with Crippen molar-refractivity contribution in [2.75, 3.05) is 44.9 Å². The first-order valence-electron chi connectivity index (χ1n) is 6.00. The molecule has 1 atom stereocenters. The number of hydrogen-bond acceptors (Lipinski definition) is 5. The highest BCUT2D eigenvalue weighted by Gasteiger charge is 2.18. The Bertz CT molecular complexity index is 425. The fourth-order valence-electron chi connectivity index (χ4n) is 1.85. The summed E-state index contributed by atoms with van der Waals surface area (Å²) in [5, 5.41) is 4.28. The molecule has 0 aliphatic carbocycles.